The molecule has 1 heterocycles. The Labute approximate surface area is 129 Å². The normalized spacial score (nSPS) is 25.1. The van der Waals surface area contributed by atoms with Crippen molar-refractivity contribution >= 4 is 16.1 Å². The van der Waals surface area contributed by atoms with Crippen molar-refractivity contribution in [2.75, 3.05) is 26.7 Å². The average molecular weight is 319 g/mol. The highest BCUT2D eigenvalue weighted by Gasteiger charge is 2.34. The van der Waals surface area contributed by atoms with Crippen LogP contribution >= 0.6 is 0 Å². The first-order valence-electron chi connectivity index (χ1n) is 7.44. The number of amides is 1. The third kappa shape index (κ3) is 5.56. The Balaban J connectivity index is 2.71. The molecule has 0 radical (unpaired) electrons. The van der Waals surface area contributed by atoms with Gasteiger partial charge in [0, 0.05) is 25.7 Å². The molecule has 2 unspecified atom stereocenters. The van der Waals surface area contributed by atoms with Gasteiger partial charge in [-0.15, -0.1) is 0 Å². The largest absolute Gasteiger partial charge is 0.350 e. The first-order chi connectivity index (χ1) is 9.41. The Bertz CT molecular complexity index is 460. The maximum atomic E-state index is 12.5. The second-order valence-corrected chi connectivity index (χ2v) is 9.36. The van der Waals surface area contributed by atoms with E-state index in [1.165, 1.54) is 11.4 Å². The minimum absolute atomic E-state index is 0.154. The molecular formula is C14H29N3O3S. The van der Waals surface area contributed by atoms with Crippen LogP contribution in [0.4, 0.5) is 0 Å². The number of nitrogens with one attached hydrogen (secondary N) is 1. The van der Waals surface area contributed by atoms with E-state index in [9.17, 15) is 13.2 Å². The summed E-state index contributed by atoms with van der Waals surface area (Å²) < 4.78 is 27.7. The summed E-state index contributed by atoms with van der Waals surface area (Å²) in [7, 11) is -2.11. The maximum absolute atomic E-state index is 12.5. The number of nitrogens with zero attached hydrogens (tertiary/aromatic N) is 2. The molecule has 0 aromatic rings. The van der Waals surface area contributed by atoms with Crippen molar-refractivity contribution < 1.29 is 13.2 Å². The number of piperidine rings is 1. The molecule has 1 saturated heterocycles. The summed E-state index contributed by atoms with van der Waals surface area (Å²) in [6, 6.07) is 0. The highest BCUT2D eigenvalue weighted by atomic mass is 32.2. The van der Waals surface area contributed by atoms with E-state index in [1.54, 1.807) is 0 Å². The zero-order valence-electron chi connectivity index (χ0n) is 14.0. The number of carbonyl (C=O) groups excluding carboxylic acids is 1. The topological polar surface area (TPSA) is 69.7 Å². The van der Waals surface area contributed by atoms with Gasteiger partial charge in [0.25, 0.3) is 10.2 Å². The highest BCUT2D eigenvalue weighted by molar-refractivity contribution is 7.86. The molecule has 124 valence electrons. The third-order valence-corrected chi connectivity index (χ3v) is 5.30. The van der Waals surface area contributed by atoms with Crippen molar-refractivity contribution in [1.82, 2.24) is 13.9 Å². The highest BCUT2D eigenvalue weighted by Crippen LogP contribution is 2.24. The second kappa shape index (κ2) is 6.62. The molecule has 1 fully saturated rings. The molecular weight excluding hydrogens is 290 g/mol. The zero-order valence-corrected chi connectivity index (χ0v) is 14.8. The molecule has 0 aromatic heterocycles. The SMILES string of the molecule is CC1CC(C)CN(S(=O)(=O)N(C)CC(=O)NC(C)(C)C)C1. The van der Waals surface area contributed by atoms with Crippen molar-refractivity contribution in [2.24, 2.45) is 11.8 Å². The van der Waals surface area contributed by atoms with Gasteiger partial charge in [0.15, 0.2) is 0 Å². The molecule has 1 aliphatic heterocycles. The summed E-state index contributed by atoms with van der Waals surface area (Å²) in [5.41, 5.74) is -0.365. The van der Waals surface area contributed by atoms with Crippen LogP contribution in [0.25, 0.3) is 0 Å². The molecule has 1 N–H and O–H groups in total. The molecule has 0 saturated carbocycles. The second-order valence-electron chi connectivity index (χ2n) is 7.33. The van der Waals surface area contributed by atoms with Crippen LogP contribution in [0.1, 0.15) is 41.0 Å². The van der Waals surface area contributed by atoms with Crippen LogP contribution in [0, 0.1) is 11.8 Å². The number of hydrogen-bond acceptors (Lipinski definition) is 3. The van der Waals surface area contributed by atoms with E-state index in [2.05, 4.69) is 19.2 Å². The number of carbonyl (C=O) groups is 1. The minimum Gasteiger partial charge on any atom is -0.350 e. The first-order valence-corrected chi connectivity index (χ1v) is 8.84. The van der Waals surface area contributed by atoms with Crippen molar-refractivity contribution in [3.8, 4) is 0 Å². The Kier molecular flexibility index (Phi) is 5.80. The molecule has 1 rings (SSSR count). The van der Waals surface area contributed by atoms with Crippen LogP contribution in [0.5, 0.6) is 0 Å². The van der Waals surface area contributed by atoms with Crippen LogP contribution in [0.2, 0.25) is 0 Å². The van der Waals surface area contributed by atoms with E-state index in [1.807, 2.05) is 20.8 Å². The fourth-order valence-corrected chi connectivity index (χ4v) is 4.29. The van der Waals surface area contributed by atoms with Gasteiger partial charge in [0.1, 0.15) is 0 Å². The third-order valence-electron chi connectivity index (χ3n) is 3.44. The number of rotatable bonds is 4. The summed E-state index contributed by atoms with van der Waals surface area (Å²) in [4.78, 5) is 11.9. The van der Waals surface area contributed by atoms with Gasteiger partial charge < -0.3 is 5.32 Å². The number of hydrogen-bond donors (Lipinski definition) is 1. The van der Waals surface area contributed by atoms with Crippen LogP contribution in [0.3, 0.4) is 0 Å². The van der Waals surface area contributed by atoms with Gasteiger partial charge in [0.05, 0.1) is 6.54 Å². The lowest BCUT2D eigenvalue weighted by Crippen LogP contribution is -2.52. The molecule has 0 aliphatic carbocycles. The van der Waals surface area contributed by atoms with Crippen molar-refractivity contribution in [3.05, 3.63) is 0 Å². The van der Waals surface area contributed by atoms with Crippen LogP contribution < -0.4 is 5.32 Å². The Morgan fingerprint density at radius 2 is 1.71 bits per heavy atom. The van der Waals surface area contributed by atoms with Crippen molar-refractivity contribution in [1.29, 1.82) is 0 Å². The molecule has 0 bridgehead atoms. The maximum Gasteiger partial charge on any atom is 0.282 e. The molecule has 21 heavy (non-hydrogen) atoms. The van der Waals surface area contributed by atoms with Crippen molar-refractivity contribution in [2.45, 2.75) is 46.6 Å². The standard InChI is InChI=1S/C14H29N3O3S/c1-11-7-12(2)9-17(8-11)21(19,20)16(6)10-13(18)15-14(3,4)5/h11-12H,7-10H2,1-6H3,(H,15,18). The predicted octanol–water partition coefficient (Wildman–Crippen LogP) is 1.06. The summed E-state index contributed by atoms with van der Waals surface area (Å²) in [6.45, 7) is 10.6. The van der Waals surface area contributed by atoms with Gasteiger partial charge in [-0.25, -0.2) is 0 Å². The van der Waals surface area contributed by atoms with Gasteiger partial charge >= 0.3 is 0 Å². The summed E-state index contributed by atoms with van der Waals surface area (Å²) in [5, 5.41) is 2.78. The molecule has 2 atom stereocenters. The lowest BCUT2D eigenvalue weighted by Gasteiger charge is -2.36. The lowest BCUT2D eigenvalue weighted by atomic mass is 9.94. The molecule has 0 spiro atoms. The monoisotopic (exact) mass is 319 g/mol. The molecule has 1 amide bonds. The molecule has 0 aromatic carbocycles. The van der Waals surface area contributed by atoms with Gasteiger partial charge in [-0.05, 0) is 39.0 Å². The lowest BCUT2D eigenvalue weighted by molar-refractivity contribution is -0.122. The van der Waals surface area contributed by atoms with E-state index in [4.69, 9.17) is 0 Å². The Hall–Kier alpha value is -0.660. The number of likely N-dealkylation sites (N-methyl/N-ethyl adjacent to an activating group) is 1. The fraction of sp³-hybridized carbons (Fsp3) is 0.929. The van der Waals surface area contributed by atoms with Crippen molar-refractivity contribution in [3.63, 3.8) is 0 Å². The Morgan fingerprint density at radius 1 is 1.24 bits per heavy atom. The molecule has 1 aliphatic rings. The zero-order chi connectivity index (χ0) is 16.4. The minimum atomic E-state index is -3.57. The van der Waals surface area contributed by atoms with Gasteiger partial charge in [0.2, 0.25) is 5.91 Å². The molecule has 6 nitrogen and oxygen atoms in total. The average Bonchev–Trinajstić information content (AvgIpc) is 2.24. The van der Waals surface area contributed by atoms with E-state index in [-0.39, 0.29) is 18.0 Å². The van der Waals surface area contributed by atoms with Crippen LogP contribution in [-0.2, 0) is 15.0 Å². The molecule has 7 heteroatoms. The summed E-state index contributed by atoms with van der Waals surface area (Å²) >= 11 is 0. The quantitative estimate of drug-likeness (QED) is 0.842. The van der Waals surface area contributed by atoms with E-state index < -0.39 is 10.2 Å². The first kappa shape index (κ1) is 18.4. The van der Waals surface area contributed by atoms with Gasteiger partial charge in [-0.1, -0.05) is 13.8 Å². The van der Waals surface area contributed by atoms with Gasteiger partial charge in [-0.2, -0.15) is 17.0 Å². The van der Waals surface area contributed by atoms with E-state index in [0.29, 0.717) is 24.9 Å². The van der Waals surface area contributed by atoms with E-state index in [0.717, 1.165) is 10.7 Å². The summed E-state index contributed by atoms with van der Waals surface area (Å²) in [5.74, 6) is 0.410. The van der Waals surface area contributed by atoms with Crippen LogP contribution in [0.15, 0.2) is 0 Å². The smallest absolute Gasteiger partial charge is 0.282 e. The van der Waals surface area contributed by atoms with E-state index >= 15 is 0 Å². The summed E-state index contributed by atoms with van der Waals surface area (Å²) in [6.07, 6.45) is 1.04. The Morgan fingerprint density at radius 3 is 2.14 bits per heavy atom. The fourth-order valence-electron chi connectivity index (χ4n) is 2.73. The predicted molar refractivity (Wildman–Crippen MR) is 84.0 cm³/mol. The van der Waals surface area contributed by atoms with Gasteiger partial charge in [-0.3, -0.25) is 4.79 Å². The van der Waals surface area contributed by atoms with Crippen LogP contribution in [-0.4, -0.2) is 55.2 Å².